The monoisotopic (exact) mass is 408 g/mol. The lowest BCUT2D eigenvalue weighted by molar-refractivity contribution is -0.139. The summed E-state index contributed by atoms with van der Waals surface area (Å²) in [6.07, 6.45) is 3.79. The number of nitrogens with one attached hydrogen (secondary N) is 3. The maximum Gasteiger partial charge on any atom is 0.329 e. The van der Waals surface area contributed by atoms with Crippen molar-refractivity contribution in [3.63, 3.8) is 0 Å². The van der Waals surface area contributed by atoms with Gasteiger partial charge in [-0.1, -0.05) is 25.1 Å². The van der Waals surface area contributed by atoms with Crippen molar-refractivity contribution in [1.82, 2.24) is 10.7 Å². The lowest BCUT2D eigenvalue weighted by Crippen LogP contribution is -2.37. The Labute approximate surface area is 175 Å². The van der Waals surface area contributed by atoms with Gasteiger partial charge in [-0.15, -0.1) is 6.58 Å². The van der Waals surface area contributed by atoms with Gasteiger partial charge in [-0.3, -0.25) is 14.4 Å². The van der Waals surface area contributed by atoms with Gasteiger partial charge in [0.05, 0.1) is 6.21 Å². The third-order valence-corrected chi connectivity index (χ3v) is 3.89. The SMILES string of the molecule is C=CCNC(=O)C(=O)N/N=C\c1ccc(OCC(=O)Nc2ccc(CC)cc2)cc1. The van der Waals surface area contributed by atoms with Gasteiger partial charge in [0.25, 0.3) is 5.91 Å². The van der Waals surface area contributed by atoms with Crippen molar-refractivity contribution in [3.8, 4) is 5.75 Å². The summed E-state index contributed by atoms with van der Waals surface area (Å²) in [6, 6.07) is 14.4. The lowest BCUT2D eigenvalue weighted by atomic mass is 10.1. The number of rotatable bonds is 9. The minimum absolute atomic E-state index is 0.126. The molecule has 0 aliphatic carbocycles. The van der Waals surface area contributed by atoms with Crippen LogP contribution in [0.1, 0.15) is 18.1 Å². The number of carbonyl (C=O) groups excluding carboxylic acids is 3. The summed E-state index contributed by atoms with van der Waals surface area (Å²) in [5.74, 6) is -1.42. The van der Waals surface area contributed by atoms with Gasteiger partial charge < -0.3 is 15.4 Å². The largest absolute Gasteiger partial charge is 0.484 e. The van der Waals surface area contributed by atoms with E-state index in [4.69, 9.17) is 4.74 Å². The minimum atomic E-state index is -0.872. The number of amides is 3. The number of ether oxygens (including phenoxy) is 1. The molecule has 0 aromatic heterocycles. The molecule has 3 N–H and O–H groups in total. The van der Waals surface area contributed by atoms with E-state index in [9.17, 15) is 14.4 Å². The number of carbonyl (C=O) groups is 3. The second-order valence-electron chi connectivity index (χ2n) is 6.15. The van der Waals surface area contributed by atoms with Crippen LogP contribution in [0.15, 0.2) is 66.3 Å². The van der Waals surface area contributed by atoms with Gasteiger partial charge in [0.1, 0.15) is 5.75 Å². The van der Waals surface area contributed by atoms with Crippen molar-refractivity contribution in [2.24, 2.45) is 5.10 Å². The van der Waals surface area contributed by atoms with Crippen LogP contribution < -0.4 is 20.8 Å². The molecule has 2 rings (SSSR count). The maximum absolute atomic E-state index is 12.0. The summed E-state index contributed by atoms with van der Waals surface area (Å²) in [7, 11) is 0. The van der Waals surface area contributed by atoms with E-state index in [-0.39, 0.29) is 19.1 Å². The van der Waals surface area contributed by atoms with E-state index in [0.29, 0.717) is 17.0 Å². The van der Waals surface area contributed by atoms with Crippen LogP contribution in [0.25, 0.3) is 0 Å². The summed E-state index contributed by atoms with van der Waals surface area (Å²) in [4.78, 5) is 34.8. The van der Waals surface area contributed by atoms with E-state index in [0.717, 1.165) is 6.42 Å². The van der Waals surface area contributed by atoms with E-state index >= 15 is 0 Å². The first kappa shape index (κ1) is 22.4. The van der Waals surface area contributed by atoms with Gasteiger partial charge in [0, 0.05) is 12.2 Å². The standard InChI is InChI=1S/C22H24N4O4/c1-3-13-23-21(28)22(29)26-24-14-17-7-11-19(12-8-17)30-15-20(27)25-18-9-5-16(4-2)6-10-18/h3,5-12,14H,1,4,13,15H2,2H3,(H,23,28)(H,25,27)(H,26,29)/b24-14-. The quantitative estimate of drug-likeness (QED) is 0.255. The molecule has 0 spiro atoms. The number of hydrazone groups is 1. The van der Waals surface area contributed by atoms with Crippen LogP contribution in [0.3, 0.4) is 0 Å². The molecule has 0 heterocycles. The predicted octanol–water partition coefficient (Wildman–Crippen LogP) is 2.02. The molecule has 0 atom stereocenters. The van der Waals surface area contributed by atoms with Crippen LogP contribution in [0.5, 0.6) is 5.75 Å². The van der Waals surface area contributed by atoms with E-state index in [2.05, 4.69) is 34.7 Å². The van der Waals surface area contributed by atoms with Crippen molar-refractivity contribution in [2.75, 3.05) is 18.5 Å². The molecule has 0 bridgehead atoms. The predicted molar refractivity (Wildman–Crippen MR) is 115 cm³/mol. The van der Waals surface area contributed by atoms with Crippen molar-refractivity contribution in [3.05, 3.63) is 72.3 Å². The Bertz CT molecular complexity index is 906. The zero-order chi connectivity index (χ0) is 21.8. The molecule has 0 aliphatic heterocycles. The fourth-order valence-corrected chi connectivity index (χ4v) is 2.28. The second-order valence-corrected chi connectivity index (χ2v) is 6.15. The molecule has 0 fully saturated rings. The van der Waals surface area contributed by atoms with Gasteiger partial charge in [-0.05, 0) is 53.9 Å². The van der Waals surface area contributed by atoms with E-state index in [1.54, 1.807) is 24.3 Å². The average Bonchev–Trinajstić information content (AvgIpc) is 2.77. The van der Waals surface area contributed by atoms with E-state index in [1.165, 1.54) is 17.9 Å². The van der Waals surface area contributed by atoms with Gasteiger partial charge in [-0.25, -0.2) is 5.43 Å². The number of anilines is 1. The van der Waals surface area contributed by atoms with Crippen LogP contribution in [0.2, 0.25) is 0 Å². The van der Waals surface area contributed by atoms with Crippen molar-refractivity contribution in [1.29, 1.82) is 0 Å². The Kier molecular flexibility index (Phi) is 8.79. The molecule has 0 radical (unpaired) electrons. The fourth-order valence-electron chi connectivity index (χ4n) is 2.28. The lowest BCUT2D eigenvalue weighted by Gasteiger charge is -2.08. The summed E-state index contributed by atoms with van der Waals surface area (Å²) in [5, 5.41) is 8.83. The average molecular weight is 408 g/mol. The van der Waals surface area contributed by atoms with Crippen molar-refractivity contribution in [2.45, 2.75) is 13.3 Å². The minimum Gasteiger partial charge on any atom is -0.484 e. The summed E-state index contributed by atoms with van der Waals surface area (Å²) in [5.41, 5.74) is 4.71. The molecule has 0 saturated carbocycles. The zero-order valence-corrected chi connectivity index (χ0v) is 16.7. The highest BCUT2D eigenvalue weighted by Gasteiger charge is 2.10. The molecule has 8 nitrogen and oxygen atoms in total. The van der Waals surface area contributed by atoms with Gasteiger partial charge >= 0.3 is 11.8 Å². The highest BCUT2D eigenvalue weighted by atomic mass is 16.5. The number of hydrogen-bond donors (Lipinski definition) is 3. The normalized spacial score (nSPS) is 10.3. The first-order valence-corrected chi connectivity index (χ1v) is 9.35. The first-order chi connectivity index (χ1) is 14.5. The third kappa shape index (κ3) is 7.59. The molecule has 0 unspecified atom stereocenters. The summed E-state index contributed by atoms with van der Waals surface area (Å²) in [6.45, 7) is 5.58. The smallest absolute Gasteiger partial charge is 0.329 e. The molecule has 156 valence electrons. The Balaban J connectivity index is 1.76. The number of nitrogens with zero attached hydrogens (tertiary/aromatic N) is 1. The third-order valence-electron chi connectivity index (χ3n) is 3.89. The van der Waals surface area contributed by atoms with Gasteiger partial charge in [0.15, 0.2) is 6.61 Å². The molecular formula is C22H24N4O4. The molecule has 0 aliphatic rings. The molecular weight excluding hydrogens is 384 g/mol. The topological polar surface area (TPSA) is 109 Å². The molecule has 0 saturated heterocycles. The molecule has 8 heteroatoms. The maximum atomic E-state index is 12.0. The Morgan fingerprint density at radius 3 is 2.37 bits per heavy atom. The zero-order valence-electron chi connectivity index (χ0n) is 16.7. The Hall–Kier alpha value is -3.94. The van der Waals surface area contributed by atoms with Crippen LogP contribution >= 0.6 is 0 Å². The number of hydrogen-bond acceptors (Lipinski definition) is 5. The highest BCUT2D eigenvalue weighted by molar-refractivity contribution is 6.35. The van der Waals surface area contributed by atoms with Gasteiger partial charge in [0.2, 0.25) is 0 Å². The van der Waals surface area contributed by atoms with Crippen LogP contribution in [-0.4, -0.2) is 37.1 Å². The van der Waals surface area contributed by atoms with E-state index < -0.39 is 11.8 Å². The molecule has 3 amide bonds. The second kappa shape index (κ2) is 11.8. The summed E-state index contributed by atoms with van der Waals surface area (Å²) >= 11 is 0. The molecule has 2 aromatic carbocycles. The number of aryl methyl sites for hydroxylation is 1. The van der Waals surface area contributed by atoms with E-state index in [1.807, 2.05) is 24.3 Å². The first-order valence-electron chi connectivity index (χ1n) is 9.35. The number of benzene rings is 2. The molecule has 2 aromatic rings. The summed E-state index contributed by atoms with van der Waals surface area (Å²) < 4.78 is 5.46. The van der Waals surface area contributed by atoms with Crippen molar-refractivity contribution >= 4 is 29.6 Å². The van der Waals surface area contributed by atoms with Crippen LogP contribution in [0, 0.1) is 0 Å². The Morgan fingerprint density at radius 1 is 1.03 bits per heavy atom. The van der Waals surface area contributed by atoms with Crippen molar-refractivity contribution < 1.29 is 19.1 Å². The van der Waals surface area contributed by atoms with Gasteiger partial charge in [-0.2, -0.15) is 5.10 Å². The van der Waals surface area contributed by atoms with Crippen LogP contribution in [-0.2, 0) is 20.8 Å². The fraction of sp³-hybridized carbons (Fsp3) is 0.182. The highest BCUT2D eigenvalue weighted by Crippen LogP contribution is 2.12. The Morgan fingerprint density at radius 2 is 1.73 bits per heavy atom. The van der Waals surface area contributed by atoms with Crippen LogP contribution in [0.4, 0.5) is 5.69 Å². The molecule has 30 heavy (non-hydrogen) atoms.